The van der Waals surface area contributed by atoms with E-state index in [1.807, 2.05) is 18.2 Å². The first kappa shape index (κ1) is 19.6. The number of nitrogens with two attached hydrogens (primary N) is 2. The van der Waals surface area contributed by atoms with E-state index in [1.165, 1.54) is 0 Å². The average molecular weight is 389 g/mol. The quantitative estimate of drug-likeness (QED) is 0.107. The maximum Gasteiger partial charge on any atom is 0.186 e. The third-order valence-corrected chi connectivity index (χ3v) is 4.25. The molecule has 0 saturated heterocycles. The van der Waals surface area contributed by atoms with Crippen LogP contribution in [0.2, 0.25) is 0 Å². The molecular weight excluding hydrogens is 370 g/mol. The fourth-order valence-corrected chi connectivity index (χ4v) is 2.83. The van der Waals surface area contributed by atoms with Crippen LogP contribution in [0.4, 0.5) is 5.69 Å². The van der Waals surface area contributed by atoms with Gasteiger partial charge in [-0.15, -0.1) is 0 Å². The molecule has 5 N–H and O–H groups in total. The second-order valence-corrected chi connectivity index (χ2v) is 6.18. The Morgan fingerprint density at radius 3 is 2.62 bits per heavy atom. The van der Waals surface area contributed by atoms with Crippen molar-refractivity contribution in [1.82, 2.24) is 9.55 Å². The van der Waals surface area contributed by atoms with Crippen LogP contribution in [0.3, 0.4) is 0 Å². The molecule has 1 aromatic heterocycles. The van der Waals surface area contributed by atoms with E-state index in [9.17, 15) is 10.0 Å². The fraction of sp³-hybridized carbons (Fsp3) is 0.150. The molecule has 2 aromatic carbocycles. The number of benzene rings is 2. The number of hydrogen-bond donors (Lipinski definition) is 3. The number of para-hydroxylation sites is 2. The molecule has 0 radical (unpaired) electrons. The first-order chi connectivity index (χ1) is 14.0. The number of anilines is 1. The van der Waals surface area contributed by atoms with Gasteiger partial charge in [-0.2, -0.15) is 5.26 Å². The van der Waals surface area contributed by atoms with Gasteiger partial charge in [0.1, 0.15) is 0 Å². The minimum atomic E-state index is -0.174. The molecular formula is C20H19N7O2. The SMILES string of the molecule is N#CCCN=C(N)/C(=N\O)c1nc2ccccc2n1CC(=O)c1ccc(N)cc1. The Kier molecular flexibility index (Phi) is 5.85. The molecule has 0 aliphatic carbocycles. The lowest BCUT2D eigenvalue weighted by atomic mass is 10.1. The van der Waals surface area contributed by atoms with E-state index in [-0.39, 0.29) is 42.7 Å². The van der Waals surface area contributed by atoms with Crippen molar-refractivity contribution in [3.8, 4) is 6.07 Å². The van der Waals surface area contributed by atoms with Crippen molar-refractivity contribution in [3.63, 3.8) is 0 Å². The minimum Gasteiger partial charge on any atom is -0.410 e. The molecule has 146 valence electrons. The molecule has 9 heteroatoms. The molecule has 0 spiro atoms. The number of nitrogen functional groups attached to an aromatic ring is 1. The summed E-state index contributed by atoms with van der Waals surface area (Å²) in [6.07, 6.45) is 0.172. The molecule has 3 rings (SSSR count). The Labute approximate surface area is 166 Å². The van der Waals surface area contributed by atoms with Crippen LogP contribution in [0.15, 0.2) is 58.7 Å². The summed E-state index contributed by atoms with van der Waals surface area (Å²) in [5.74, 6) is -0.0402. The number of Topliss-reactive ketones (excluding diaryl/α,β-unsaturated/α-hetero) is 1. The van der Waals surface area contributed by atoms with Crippen LogP contribution in [-0.4, -0.2) is 38.6 Å². The van der Waals surface area contributed by atoms with Gasteiger partial charge < -0.3 is 21.2 Å². The van der Waals surface area contributed by atoms with Crippen LogP contribution in [0.5, 0.6) is 0 Å². The number of aromatic nitrogens is 2. The van der Waals surface area contributed by atoms with Gasteiger partial charge in [0.05, 0.1) is 36.6 Å². The van der Waals surface area contributed by atoms with Gasteiger partial charge in [-0.1, -0.05) is 17.3 Å². The summed E-state index contributed by atoms with van der Waals surface area (Å²) in [5.41, 5.74) is 13.9. The Hall–Kier alpha value is -4.19. The van der Waals surface area contributed by atoms with Crippen molar-refractivity contribution in [2.45, 2.75) is 13.0 Å². The van der Waals surface area contributed by atoms with Gasteiger partial charge in [0.25, 0.3) is 0 Å². The summed E-state index contributed by atoms with van der Waals surface area (Å²) in [4.78, 5) is 21.3. The van der Waals surface area contributed by atoms with Gasteiger partial charge in [0.15, 0.2) is 23.2 Å². The third-order valence-electron chi connectivity index (χ3n) is 4.25. The molecule has 3 aromatic rings. The number of oxime groups is 1. The molecule has 0 aliphatic heterocycles. The Morgan fingerprint density at radius 1 is 1.21 bits per heavy atom. The van der Waals surface area contributed by atoms with Crippen molar-refractivity contribution in [3.05, 3.63) is 59.9 Å². The van der Waals surface area contributed by atoms with E-state index < -0.39 is 0 Å². The molecule has 0 atom stereocenters. The van der Waals surface area contributed by atoms with Crippen LogP contribution in [-0.2, 0) is 6.54 Å². The number of imidazole rings is 1. The van der Waals surface area contributed by atoms with E-state index in [2.05, 4.69) is 15.1 Å². The fourth-order valence-electron chi connectivity index (χ4n) is 2.83. The molecule has 0 aliphatic rings. The Bertz CT molecular complexity index is 1140. The predicted molar refractivity (Wildman–Crippen MR) is 110 cm³/mol. The monoisotopic (exact) mass is 389 g/mol. The van der Waals surface area contributed by atoms with Crippen LogP contribution >= 0.6 is 0 Å². The van der Waals surface area contributed by atoms with E-state index in [0.29, 0.717) is 22.3 Å². The van der Waals surface area contributed by atoms with Gasteiger partial charge >= 0.3 is 0 Å². The number of hydrogen-bond acceptors (Lipinski definition) is 7. The lowest BCUT2D eigenvalue weighted by Crippen LogP contribution is -2.29. The normalized spacial score (nSPS) is 12.1. The largest absolute Gasteiger partial charge is 0.410 e. The number of nitriles is 1. The second kappa shape index (κ2) is 8.67. The summed E-state index contributed by atoms with van der Waals surface area (Å²) in [6, 6.07) is 15.8. The molecule has 0 amide bonds. The summed E-state index contributed by atoms with van der Waals surface area (Å²) in [6.45, 7) is 0.107. The lowest BCUT2D eigenvalue weighted by Gasteiger charge is -2.10. The van der Waals surface area contributed by atoms with E-state index >= 15 is 0 Å². The van der Waals surface area contributed by atoms with Gasteiger partial charge in [-0.25, -0.2) is 4.98 Å². The first-order valence-electron chi connectivity index (χ1n) is 8.79. The summed E-state index contributed by atoms with van der Waals surface area (Å²) < 4.78 is 1.62. The topological polar surface area (TPSA) is 156 Å². The molecule has 0 fully saturated rings. The van der Waals surface area contributed by atoms with Gasteiger partial charge in [-0.3, -0.25) is 9.79 Å². The van der Waals surface area contributed by atoms with Crippen molar-refractivity contribution < 1.29 is 10.0 Å². The number of nitrogens with zero attached hydrogens (tertiary/aromatic N) is 5. The number of ketones is 1. The molecule has 0 bridgehead atoms. The van der Waals surface area contributed by atoms with E-state index in [0.717, 1.165) is 0 Å². The van der Waals surface area contributed by atoms with E-state index in [4.69, 9.17) is 16.7 Å². The summed E-state index contributed by atoms with van der Waals surface area (Å²) in [5, 5.41) is 21.5. The van der Waals surface area contributed by atoms with E-state index in [1.54, 1.807) is 41.0 Å². The van der Waals surface area contributed by atoms with Crippen LogP contribution in [0.1, 0.15) is 22.6 Å². The molecule has 0 unspecified atom stereocenters. The van der Waals surface area contributed by atoms with Gasteiger partial charge in [0, 0.05) is 11.3 Å². The van der Waals surface area contributed by atoms with Crippen molar-refractivity contribution >= 4 is 34.1 Å². The van der Waals surface area contributed by atoms with Crippen LogP contribution in [0, 0.1) is 11.3 Å². The number of amidine groups is 1. The lowest BCUT2D eigenvalue weighted by molar-refractivity contribution is 0.0973. The Morgan fingerprint density at radius 2 is 1.93 bits per heavy atom. The first-order valence-corrected chi connectivity index (χ1v) is 8.79. The maximum absolute atomic E-state index is 12.8. The van der Waals surface area contributed by atoms with Crippen molar-refractivity contribution in [1.29, 1.82) is 5.26 Å². The smallest absolute Gasteiger partial charge is 0.186 e. The molecule has 9 nitrogen and oxygen atoms in total. The number of carbonyl (C=O) groups excluding carboxylic acids is 1. The molecule has 0 saturated carbocycles. The third kappa shape index (κ3) is 4.22. The van der Waals surface area contributed by atoms with Gasteiger partial charge in [0.2, 0.25) is 0 Å². The highest BCUT2D eigenvalue weighted by Crippen LogP contribution is 2.18. The number of carbonyl (C=O) groups is 1. The standard InChI is InChI=1S/C20H19N7O2/c21-10-3-11-24-19(23)18(26-29)20-25-15-4-1-2-5-16(15)27(20)12-17(28)13-6-8-14(22)9-7-13/h1-2,4-9,29H,3,11-12,22H2,(H2,23,24)/b26-18+. The summed E-state index contributed by atoms with van der Waals surface area (Å²) >= 11 is 0. The van der Waals surface area contributed by atoms with Crippen molar-refractivity contribution in [2.24, 2.45) is 15.9 Å². The number of rotatable bonds is 7. The highest BCUT2D eigenvalue weighted by atomic mass is 16.4. The van der Waals surface area contributed by atoms with Crippen LogP contribution < -0.4 is 11.5 Å². The minimum absolute atomic E-state index is 0.0513. The highest BCUT2D eigenvalue weighted by molar-refractivity contribution is 6.46. The number of fused-ring (bicyclic) bond motifs is 1. The second-order valence-electron chi connectivity index (χ2n) is 6.18. The zero-order valence-electron chi connectivity index (χ0n) is 15.5. The van der Waals surface area contributed by atoms with Crippen LogP contribution in [0.25, 0.3) is 11.0 Å². The highest BCUT2D eigenvalue weighted by Gasteiger charge is 2.21. The zero-order valence-corrected chi connectivity index (χ0v) is 15.5. The molecule has 29 heavy (non-hydrogen) atoms. The summed E-state index contributed by atoms with van der Waals surface area (Å²) in [7, 11) is 0. The van der Waals surface area contributed by atoms with Crippen molar-refractivity contribution in [2.75, 3.05) is 12.3 Å². The zero-order chi connectivity index (χ0) is 20.8. The average Bonchev–Trinajstić information content (AvgIpc) is 3.07. The Balaban J connectivity index is 2.04. The predicted octanol–water partition coefficient (Wildman–Crippen LogP) is 1.95. The molecule has 1 heterocycles. The number of aliphatic imine (C=N–C) groups is 1. The van der Waals surface area contributed by atoms with Gasteiger partial charge in [-0.05, 0) is 36.4 Å². The maximum atomic E-state index is 12.8.